The van der Waals surface area contributed by atoms with Crippen LogP contribution in [0.3, 0.4) is 0 Å². The van der Waals surface area contributed by atoms with E-state index >= 15 is 0 Å². The van der Waals surface area contributed by atoms with Crippen molar-refractivity contribution in [2.45, 2.75) is 18.0 Å². The lowest BCUT2D eigenvalue weighted by atomic mass is 10.1. The number of benzene rings is 1. The van der Waals surface area contributed by atoms with Gasteiger partial charge in [-0.25, -0.2) is 18.4 Å². The monoisotopic (exact) mass is 409 g/mol. The van der Waals surface area contributed by atoms with Crippen molar-refractivity contribution < 1.29 is 26.4 Å². The molecule has 1 amide bonds. The minimum absolute atomic E-state index is 0.159. The molecule has 0 aliphatic carbocycles. The maximum absolute atomic E-state index is 12.6. The number of pyridine rings is 2. The molecule has 2 heterocycles. The molecule has 0 spiro atoms. The molecule has 0 atom stereocenters. The normalized spacial score (nSPS) is 12.1. The molecule has 0 radical (unpaired) electrons. The molecule has 28 heavy (non-hydrogen) atoms. The van der Waals surface area contributed by atoms with Crippen LogP contribution in [0.1, 0.15) is 23.0 Å². The molecular weight excluding hydrogens is 395 g/mol. The van der Waals surface area contributed by atoms with Gasteiger partial charge in [0, 0.05) is 23.2 Å². The maximum atomic E-state index is 12.6. The summed E-state index contributed by atoms with van der Waals surface area (Å²) in [6, 6.07) is 8.31. The third-order valence-electron chi connectivity index (χ3n) is 3.99. The Morgan fingerprint density at radius 3 is 2.39 bits per heavy atom. The Morgan fingerprint density at radius 2 is 1.79 bits per heavy atom. The number of amides is 1. The summed E-state index contributed by atoms with van der Waals surface area (Å²) < 4.78 is 63.0. The SMILES string of the molecule is CCS(=O)(=O)c1c(C(=O)Nc2ccc(C(F)(F)F)cn2)ncc2ccccc12. The number of fused-ring (bicyclic) bond motifs is 1. The van der Waals surface area contributed by atoms with Crippen molar-refractivity contribution in [1.29, 1.82) is 0 Å². The standard InChI is InChI=1S/C18H14F3N3O3S/c1-2-28(26,27)16-13-6-4-3-5-11(13)9-23-15(16)17(25)24-14-8-7-12(10-22-14)18(19,20)21/h3-10H,2H2,1H3,(H,22,24,25). The van der Waals surface area contributed by atoms with E-state index in [-0.39, 0.29) is 22.2 Å². The van der Waals surface area contributed by atoms with E-state index in [1.807, 2.05) is 0 Å². The second-order valence-corrected chi connectivity index (χ2v) is 8.03. The molecule has 146 valence electrons. The number of nitrogens with zero attached hydrogens (tertiary/aromatic N) is 2. The number of sulfone groups is 1. The zero-order valence-corrected chi connectivity index (χ0v) is 15.3. The number of rotatable bonds is 4. The van der Waals surface area contributed by atoms with Gasteiger partial charge in [-0.05, 0) is 12.1 Å². The smallest absolute Gasteiger partial charge is 0.305 e. The molecule has 0 fully saturated rings. The van der Waals surface area contributed by atoms with Crippen LogP contribution in [0.5, 0.6) is 0 Å². The van der Waals surface area contributed by atoms with Gasteiger partial charge in [0.2, 0.25) is 0 Å². The van der Waals surface area contributed by atoms with Gasteiger partial charge in [-0.2, -0.15) is 13.2 Å². The Bertz CT molecular complexity index is 1140. The zero-order chi connectivity index (χ0) is 20.5. The third kappa shape index (κ3) is 3.81. The highest BCUT2D eigenvalue weighted by molar-refractivity contribution is 7.91. The van der Waals surface area contributed by atoms with E-state index in [2.05, 4.69) is 15.3 Å². The molecule has 2 aromatic heterocycles. The number of carbonyl (C=O) groups is 1. The van der Waals surface area contributed by atoms with Crippen LogP contribution in [0.25, 0.3) is 10.8 Å². The van der Waals surface area contributed by atoms with Crippen LogP contribution in [-0.2, 0) is 16.0 Å². The number of carbonyl (C=O) groups excluding carboxylic acids is 1. The molecule has 10 heteroatoms. The first kappa shape index (κ1) is 19.7. The van der Waals surface area contributed by atoms with Gasteiger partial charge in [-0.3, -0.25) is 4.79 Å². The summed E-state index contributed by atoms with van der Waals surface area (Å²) in [6.07, 6.45) is -2.62. The fraction of sp³-hybridized carbons (Fsp3) is 0.167. The molecule has 1 N–H and O–H groups in total. The number of aromatic nitrogens is 2. The highest BCUT2D eigenvalue weighted by Crippen LogP contribution is 2.29. The molecule has 0 aliphatic rings. The van der Waals surface area contributed by atoms with E-state index in [4.69, 9.17) is 0 Å². The first-order valence-electron chi connectivity index (χ1n) is 8.08. The lowest BCUT2D eigenvalue weighted by molar-refractivity contribution is -0.137. The van der Waals surface area contributed by atoms with Crippen molar-refractivity contribution in [2.24, 2.45) is 0 Å². The fourth-order valence-corrected chi connectivity index (χ4v) is 3.82. The third-order valence-corrected chi connectivity index (χ3v) is 5.79. The van der Waals surface area contributed by atoms with E-state index in [1.165, 1.54) is 13.1 Å². The van der Waals surface area contributed by atoms with E-state index in [0.717, 1.165) is 12.1 Å². The summed E-state index contributed by atoms with van der Waals surface area (Å²) >= 11 is 0. The topological polar surface area (TPSA) is 89.0 Å². The average Bonchev–Trinajstić information content (AvgIpc) is 2.66. The lowest BCUT2D eigenvalue weighted by Crippen LogP contribution is -2.20. The molecule has 0 bridgehead atoms. The van der Waals surface area contributed by atoms with Crippen LogP contribution < -0.4 is 5.32 Å². The Balaban J connectivity index is 2.03. The summed E-state index contributed by atoms with van der Waals surface area (Å²) in [6.45, 7) is 1.44. The Kier molecular flexibility index (Phi) is 5.07. The largest absolute Gasteiger partial charge is 0.417 e. The first-order valence-corrected chi connectivity index (χ1v) is 9.74. The van der Waals surface area contributed by atoms with Crippen molar-refractivity contribution >= 4 is 32.3 Å². The summed E-state index contributed by atoms with van der Waals surface area (Å²) in [4.78, 5) is 19.9. The highest BCUT2D eigenvalue weighted by Gasteiger charge is 2.31. The first-order chi connectivity index (χ1) is 13.1. The molecule has 1 aromatic carbocycles. The summed E-state index contributed by atoms with van der Waals surface area (Å²) in [5.41, 5.74) is -1.31. The summed E-state index contributed by atoms with van der Waals surface area (Å²) in [7, 11) is -3.81. The van der Waals surface area contributed by atoms with Crippen LogP contribution in [0.4, 0.5) is 19.0 Å². The molecule has 6 nitrogen and oxygen atoms in total. The summed E-state index contributed by atoms with van der Waals surface area (Å²) in [5, 5.41) is 3.17. The van der Waals surface area contributed by atoms with Crippen LogP contribution in [-0.4, -0.2) is 30.0 Å². The highest BCUT2D eigenvalue weighted by atomic mass is 32.2. The van der Waals surface area contributed by atoms with Crippen molar-refractivity contribution in [2.75, 3.05) is 11.1 Å². The van der Waals surface area contributed by atoms with E-state index in [9.17, 15) is 26.4 Å². The van der Waals surface area contributed by atoms with Crippen molar-refractivity contribution in [1.82, 2.24) is 9.97 Å². The van der Waals surface area contributed by atoms with E-state index in [0.29, 0.717) is 17.0 Å². The van der Waals surface area contributed by atoms with Gasteiger partial charge in [0.25, 0.3) is 5.91 Å². The van der Waals surface area contributed by atoms with Gasteiger partial charge in [0.1, 0.15) is 16.4 Å². The number of hydrogen-bond acceptors (Lipinski definition) is 5. The average molecular weight is 409 g/mol. The Labute approximate surface area is 158 Å². The van der Waals surface area contributed by atoms with Gasteiger partial charge in [-0.1, -0.05) is 31.2 Å². The van der Waals surface area contributed by atoms with Gasteiger partial charge >= 0.3 is 6.18 Å². The number of nitrogens with one attached hydrogen (secondary N) is 1. The van der Waals surface area contributed by atoms with Gasteiger partial charge in [-0.15, -0.1) is 0 Å². The molecule has 0 saturated heterocycles. The molecule has 0 saturated carbocycles. The minimum Gasteiger partial charge on any atom is -0.305 e. The minimum atomic E-state index is -4.56. The number of hydrogen-bond donors (Lipinski definition) is 1. The summed E-state index contributed by atoms with van der Waals surface area (Å²) in [5.74, 6) is -1.29. The second kappa shape index (κ2) is 7.19. The molecule has 0 unspecified atom stereocenters. The van der Waals surface area contributed by atoms with Gasteiger partial charge in [0.15, 0.2) is 9.84 Å². The number of halogens is 3. The Morgan fingerprint density at radius 1 is 1.07 bits per heavy atom. The van der Waals surface area contributed by atoms with Crippen LogP contribution in [0.15, 0.2) is 53.7 Å². The number of anilines is 1. The fourth-order valence-electron chi connectivity index (χ4n) is 2.57. The van der Waals surface area contributed by atoms with Crippen LogP contribution >= 0.6 is 0 Å². The van der Waals surface area contributed by atoms with Gasteiger partial charge in [0.05, 0.1) is 11.3 Å². The zero-order valence-electron chi connectivity index (χ0n) is 14.5. The van der Waals surface area contributed by atoms with Crippen LogP contribution in [0.2, 0.25) is 0 Å². The van der Waals surface area contributed by atoms with Crippen molar-refractivity contribution in [3.05, 3.63) is 60.0 Å². The molecule has 3 aromatic rings. The molecule has 0 aliphatic heterocycles. The predicted octanol–water partition coefficient (Wildman–Crippen LogP) is 3.69. The Hall–Kier alpha value is -3.01. The van der Waals surface area contributed by atoms with Gasteiger partial charge < -0.3 is 5.32 Å². The van der Waals surface area contributed by atoms with Crippen LogP contribution in [0, 0.1) is 0 Å². The number of alkyl halides is 3. The van der Waals surface area contributed by atoms with E-state index in [1.54, 1.807) is 24.3 Å². The predicted molar refractivity (Wildman–Crippen MR) is 96.7 cm³/mol. The lowest BCUT2D eigenvalue weighted by Gasteiger charge is -2.12. The molecule has 3 rings (SSSR count). The maximum Gasteiger partial charge on any atom is 0.417 e. The van der Waals surface area contributed by atoms with Crippen molar-refractivity contribution in [3.63, 3.8) is 0 Å². The molecular formula is C18H14F3N3O3S. The van der Waals surface area contributed by atoms with E-state index < -0.39 is 27.5 Å². The second-order valence-electron chi connectivity index (χ2n) is 5.81. The van der Waals surface area contributed by atoms with Crippen molar-refractivity contribution in [3.8, 4) is 0 Å². The quantitative estimate of drug-likeness (QED) is 0.710.